The van der Waals surface area contributed by atoms with Crippen LogP contribution in [0.2, 0.25) is 0 Å². The van der Waals surface area contributed by atoms with Crippen LogP contribution >= 0.6 is 0 Å². The van der Waals surface area contributed by atoms with Crippen molar-refractivity contribution in [1.82, 2.24) is 15.1 Å². The van der Waals surface area contributed by atoms with Crippen LogP contribution in [-0.2, 0) is 13.2 Å². The van der Waals surface area contributed by atoms with Gasteiger partial charge in [-0.1, -0.05) is 19.1 Å². The third-order valence-corrected chi connectivity index (χ3v) is 3.13. The summed E-state index contributed by atoms with van der Waals surface area (Å²) in [6, 6.07) is 6.90. The number of hydrogen-bond acceptors (Lipinski definition) is 2. The Balaban J connectivity index is 2.33. The molecule has 1 heterocycles. The van der Waals surface area contributed by atoms with Gasteiger partial charge in [-0.2, -0.15) is 18.3 Å². The number of aryl methyl sites for hydroxylation is 1. The molecule has 0 spiro atoms. The van der Waals surface area contributed by atoms with Crippen LogP contribution in [0.1, 0.15) is 29.8 Å². The number of halogens is 3. The molecule has 3 nitrogen and oxygen atoms in total. The van der Waals surface area contributed by atoms with Crippen molar-refractivity contribution in [2.24, 2.45) is 7.05 Å². The van der Waals surface area contributed by atoms with E-state index in [1.165, 1.54) is 12.1 Å². The second-order valence-corrected chi connectivity index (χ2v) is 4.49. The number of nitrogens with one attached hydrogen (secondary N) is 1. The van der Waals surface area contributed by atoms with Crippen LogP contribution in [0.5, 0.6) is 0 Å². The molecule has 0 bridgehead atoms. The lowest BCUT2D eigenvalue weighted by molar-refractivity contribution is -0.137. The second kappa shape index (κ2) is 5.66. The summed E-state index contributed by atoms with van der Waals surface area (Å²) in [7, 11) is 1.81. The first kappa shape index (κ1) is 14.6. The molecule has 2 aromatic rings. The third-order valence-electron chi connectivity index (χ3n) is 3.13. The molecule has 0 saturated carbocycles. The van der Waals surface area contributed by atoms with Crippen molar-refractivity contribution in [2.45, 2.75) is 19.1 Å². The van der Waals surface area contributed by atoms with Crippen molar-refractivity contribution in [3.8, 4) is 0 Å². The first-order valence-electron chi connectivity index (χ1n) is 6.32. The number of hydrogen-bond donors (Lipinski definition) is 1. The van der Waals surface area contributed by atoms with Crippen LogP contribution in [-0.4, -0.2) is 16.3 Å². The van der Waals surface area contributed by atoms with Crippen LogP contribution in [0.4, 0.5) is 13.2 Å². The molecule has 6 heteroatoms. The number of nitrogens with zero attached hydrogens (tertiary/aromatic N) is 2. The quantitative estimate of drug-likeness (QED) is 0.934. The fourth-order valence-electron chi connectivity index (χ4n) is 2.13. The molecule has 0 saturated heterocycles. The highest BCUT2D eigenvalue weighted by Gasteiger charge is 2.30. The topological polar surface area (TPSA) is 29.9 Å². The van der Waals surface area contributed by atoms with Gasteiger partial charge in [-0.25, -0.2) is 0 Å². The molecule has 1 atom stereocenters. The Labute approximate surface area is 115 Å². The van der Waals surface area contributed by atoms with Crippen molar-refractivity contribution >= 4 is 0 Å². The summed E-state index contributed by atoms with van der Waals surface area (Å²) in [5, 5.41) is 7.36. The smallest absolute Gasteiger partial charge is 0.305 e. The van der Waals surface area contributed by atoms with Crippen LogP contribution in [0, 0.1) is 0 Å². The monoisotopic (exact) mass is 283 g/mol. The van der Waals surface area contributed by atoms with Gasteiger partial charge in [0, 0.05) is 13.2 Å². The maximum Gasteiger partial charge on any atom is 0.416 e. The molecule has 1 N–H and O–H groups in total. The molecule has 2 rings (SSSR count). The van der Waals surface area contributed by atoms with E-state index in [9.17, 15) is 13.2 Å². The number of alkyl halides is 3. The molecule has 0 aliphatic carbocycles. The van der Waals surface area contributed by atoms with Gasteiger partial charge in [0.05, 0.1) is 17.3 Å². The summed E-state index contributed by atoms with van der Waals surface area (Å²) < 4.78 is 39.4. The van der Waals surface area contributed by atoms with Crippen molar-refractivity contribution in [3.63, 3.8) is 0 Å². The molecule has 1 aromatic heterocycles. The molecule has 0 fully saturated rings. The van der Waals surface area contributed by atoms with E-state index in [4.69, 9.17) is 0 Å². The summed E-state index contributed by atoms with van der Waals surface area (Å²) in [6.07, 6.45) is -2.64. The van der Waals surface area contributed by atoms with Gasteiger partial charge >= 0.3 is 6.18 Å². The van der Waals surface area contributed by atoms with Crippen LogP contribution < -0.4 is 5.32 Å². The summed E-state index contributed by atoms with van der Waals surface area (Å²) in [6.45, 7) is 2.66. The fourth-order valence-corrected chi connectivity index (χ4v) is 2.13. The molecular formula is C14H16F3N3. The summed E-state index contributed by atoms with van der Waals surface area (Å²) in [5.74, 6) is 0. The second-order valence-electron chi connectivity index (χ2n) is 4.49. The zero-order valence-corrected chi connectivity index (χ0v) is 11.3. The Morgan fingerprint density at radius 2 is 1.85 bits per heavy atom. The molecule has 1 unspecified atom stereocenters. The Kier molecular flexibility index (Phi) is 4.13. The molecule has 108 valence electrons. The summed E-state index contributed by atoms with van der Waals surface area (Å²) >= 11 is 0. The van der Waals surface area contributed by atoms with E-state index in [1.807, 2.05) is 20.0 Å². The van der Waals surface area contributed by atoms with Gasteiger partial charge in [0.25, 0.3) is 0 Å². The zero-order valence-electron chi connectivity index (χ0n) is 11.3. The minimum absolute atomic E-state index is 0.171. The van der Waals surface area contributed by atoms with E-state index in [1.54, 1.807) is 10.9 Å². The predicted molar refractivity (Wildman–Crippen MR) is 70.2 cm³/mol. The molecule has 0 amide bonds. The number of aromatic nitrogens is 2. The Morgan fingerprint density at radius 3 is 2.30 bits per heavy atom. The molecule has 1 aromatic carbocycles. The molecule has 0 aliphatic rings. The maximum absolute atomic E-state index is 12.6. The van der Waals surface area contributed by atoms with Crippen molar-refractivity contribution in [3.05, 3.63) is 53.3 Å². The molecule has 20 heavy (non-hydrogen) atoms. The van der Waals surface area contributed by atoms with Gasteiger partial charge in [0.1, 0.15) is 0 Å². The van der Waals surface area contributed by atoms with Gasteiger partial charge in [-0.15, -0.1) is 0 Å². The van der Waals surface area contributed by atoms with E-state index >= 15 is 0 Å². The zero-order chi connectivity index (χ0) is 14.8. The molecule has 0 radical (unpaired) electrons. The van der Waals surface area contributed by atoms with E-state index in [0.29, 0.717) is 6.54 Å². The first-order valence-corrected chi connectivity index (χ1v) is 6.32. The van der Waals surface area contributed by atoms with E-state index < -0.39 is 11.7 Å². The SMILES string of the molecule is CCNC(c1ccc(C(F)(F)F)cc1)c1ccnn1C. The van der Waals surface area contributed by atoms with Crippen molar-refractivity contribution in [1.29, 1.82) is 0 Å². The van der Waals surface area contributed by atoms with Crippen LogP contribution in [0.15, 0.2) is 36.5 Å². The first-order chi connectivity index (χ1) is 9.43. The Morgan fingerprint density at radius 1 is 1.20 bits per heavy atom. The Hall–Kier alpha value is -1.82. The predicted octanol–water partition coefficient (Wildman–Crippen LogP) is 3.14. The lowest BCUT2D eigenvalue weighted by atomic mass is 10.0. The van der Waals surface area contributed by atoms with Gasteiger partial charge < -0.3 is 5.32 Å². The third kappa shape index (κ3) is 3.01. The number of benzene rings is 1. The fraction of sp³-hybridized carbons (Fsp3) is 0.357. The van der Waals surface area contributed by atoms with Crippen LogP contribution in [0.25, 0.3) is 0 Å². The highest BCUT2D eigenvalue weighted by molar-refractivity contribution is 5.31. The Bertz CT molecular complexity index is 558. The van der Waals surface area contributed by atoms with Crippen molar-refractivity contribution < 1.29 is 13.2 Å². The number of rotatable bonds is 4. The van der Waals surface area contributed by atoms with Gasteiger partial charge in [0.15, 0.2) is 0 Å². The van der Waals surface area contributed by atoms with Gasteiger partial charge in [-0.3, -0.25) is 4.68 Å². The largest absolute Gasteiger partial charge is 0.416 e. The average Bonchev–Trinajstić information content (AvgIpc) is 2.81. The molecule has 0 aliphatic heterocycles. The minimum Gasteiger partial charge on any atom is -0.305 e. The van der Waals surface area contributed by atoms with Gasteiger partial charge in [0.2, 0.25) is 0 Å². The highest BCUT2D eigenvalue weighted by atomic mass is 19.4. The molecular weight excluding hydrogens is 267 g/mol. The highest BCUT2D eigenvalue weighted by Crippen LogP contribution is 2.30. The van der Waals surface area contributed by atoms with Crippen LogP contribution in [0.3, 0.4) is 0 Å². The lowest BCUT2D eigenvalue weighted by Crippen LogP contribution is -2.24. The van der Waals surface area contributed by atoms with Gasteiger partial charge in [-0.05, 0) is 30.3 Å². The van der Waals surface area contributed by atoms with E-state index in [-0.39, 0.29) is 6.04 Å². The lowest BCUT2D eigenvalue weighted by Gasteiger charge is -2.19. The summed E-state index contributed by atoms with van der Waals surface area (Å²) in [4.78, 5) is 0. The normalized spacial score (nSPS) is 13.4. The maximum atomic E-state index is 12.6. The van der Waals surface area contributed by atoms with Crippen molar-refractivity contribution in [2.75, 3.05) is 6.54 Å². The van der Waals surface area contributed by atoms with E-state index in [2.05, 4.69) is 10.4 Å². The standard InChI is InChI=1S/C14H16F3N3/c1-3-18-13(12-8-9-19-20(12)2)10-4-6-11(7-5-10)14(15,16)17/h4-9,13,18H,3H2,1-2H3. The average molecular weight is 283 g/mol. The van der Waals surface area contributed by atoms with E-state index in [0.717, 1.165) is 23.4 Å². The minimum atomic E-state index is -4.31. The summed E-state index contributed by atoms with van der Waals surface area (Å²) in [5.41, 5.74) is 1.05.